The average molecular weight is 696 g/mol. The molecule has 0 bridgehead atoms. The van der Waals surface area contributed by atoms with Crippen LogP contribution in [0.5, 0.6) is 5.75 Å². The third-order valence-electron chi connectivity index (χ3n) is 4.66. The van der Waals surface area contributed by atoms with Crippen molar-refractivity contribution in [2.75, 3.05) is 7.11 Å². The predicted octanol–water partition coefficient (Wildman–Crippen LogP) is 4.66. The number of methoxy groups -OCH3 is 1. The Kier molecular flexibility index (Phi) is 14.4. The van der Waals surface area contributed by atoms with E-state index in [2.05, 4.69) is 57.1 Å². The molecule has 0 saturated carbocycles. The van der Waals surface area contributed by atoms with Crippen LogP contribution in [0.4, 0.5) is 0 Å². The molecule has 39 heavy (non-hydrogen) atoms. The fraction of sp³-hybridized carbons (Fsp3) is 0.0833. The predicted molar refractivity (Wildman–Crippen MR) is 153 cm³/mol. The van der Waals surface area contributed by atoms with Gasteiger partial charge in [-0.15, -0.1) is 5.10 Å². The molecule has 5 aromatic rings. The van der Waals surface area contributed by atoms with E-state index in [1.165, 1.54) is 0 Å². The summed E-state index contributed by atoms with van der Waals surface area (Å²) in [6.07, 6.45) is 0. The maximum absolute atomic E-state index is 8.29. The molecule has 0 aliphatic heterocycles. The van der Waals surface area contributed by atoms with Crippen molar-refractivity contribution in [3.05, 3.63) is 100.0 Å². The minimum absolute atomic E-state index is 0.592. The molecule has 0 radical (unpaired) electrons. The van der Waals surface area contributed by atoms with Crippen molar-refractivity contribution in [3.63, 3.8) is 0 Å². The lowest BCUT2D eigenvalue weighted by molar-refractivity contribution is 0.414. The molecule has 0 spiro atoms. The van der Waals surface area contributed by atoms with Gasteiger partial charge in [-0.2, -0.15) is 21.9 Å². The zero-order chi connectivity index (χ0) is 28.5. The smallest absolute Gasteiger partial charge is 0.335 e. The van der Waals surface area contributed by atoms with Crippen molar-refractivity contribution < 1.29 is 21.6 Å². The summed E-state index contributed by atoms with van der Waals surface area (Å²) in [6, 6.07) is 27.8. The number of aromatic nitrogens is 6. The van der Waals surface area contributed by atoms with Gasteiger partial charge in [0.05, 0.1) is 13.7 Å². The van der Waals surface area contributed by atoms with Gasteiger partial charge in [0.15, 0.2) is 16.4 Å². The lowest BCUT2D eigenvalue weighted by atomic mass is 10.2. The third-order valence-corrected chi connectivity index (χ3v) is 5.35. The fourth-order valence-electron chi connectivity index (χ4n) is 3.09. The summed E-state index contributed by atoms with van der Waals surface area (Å²) in [7, 11) is 1.66. The Morgan fingerprint density at radius 2 is 1.33 bits per heavy atom. The van der Waals surface area contributed by atoms with E-state index in [1.807, 2.05) is 89.6 Å². The van der Waals surface area contributed by atoms with E-state index in [0.717, 1.165) is 28.3 Å². The minimum atomic E-state index is -0.750. The molecule has 11 nitrogen and oxygen atoms in total. The maximum atomic E-state index is 8.29. The van der Waals surface area contributed by atoms with Gasteiger partial charge in [-0.3, -0.25) is 5.10 Å². The highest BCUT2D eigenvalue weighted by Gasteiger charge is 2.10. The van der Waals surface area contributed by atoms with Gasteiger partial charge < -0.3 is 4.74 Å². The zero-order valence-electron chi connectivity index (χ0n) is 20.1. The van der Waals surface area contributed by atoms with Gasteiger partial charge in [-0.25, -0.2) is 14.6 Å². The van der Waals surface area contributed by atoms with Gasteiger partial charge >= 0.3 is 23.1 Å². The number of nitrogens with zero attached hydrogens (tertiary/aromatic N) is 5. The Morgan fingerprint density at radius 1 is 0.795 bits per heavy atom. The second-order valence-corrected chi connectivity index (χ2v) is 8.76. The Labute approximate surface area is 247 Å². The zero-order valence-corrected chi connectivity index (χ0v) is 24.9. The van der Waals surface area contributed by atoms with Crippen LogP contribution >= 0.6 is 31.9 Å². The molecule has 2 heterocycles. The summed E-state index contributed by atoms with van der Waals surface area (Å²) in [5.41, 5.74) is 3.20. The lowest BCUT2D eigenvalue weighted by Gasteiger charge is -2.07. The van der Waals surface area contributed by atoms with Crippen LogP contribution in [0.25, 0.3) is 22.8 Å². The van der Waals surface area contributed by atoms with Gasteiger partial charge in [-0.1, -0.05) is 72.8 Å². The largest absolute Gasteiger partial charge is 0.497 e. The van der Waals surface area contributed by atoms with Crippen molar-refractivity contribution >= 4 is 55.0 Å². The average Bonchev–Trinajstić information content (AvgIpc) is 3.56. The Bertz CT molecular complexity index is 1480. The first-order valence-electron chi connectivity index (χ1n) is 10.7. The van der Waals surface area contributed by atoms with Gasteiger partial charge in [0.1, 0.15) is 5.75 Å². The highest BCUT2D eigenvalue weighted by atomic mass is 79.9. The summed E-state index contributed by atoms with van der Waals surface area (Å²) in [5, 5.41) is 11.1. The number of hydrogen-bond donors (Lipinski definition) is 1. The van der Waals surface area contributed by atoms with E-state index in [1.54, 1.807) is 7.11 Å². The summed E-state index contributed by atoms with van der Waals surface area (Å²) in [4.78, 5) is 8.59. The van der Waals surface area contributed by atoms with Crippen LogP contribution in [0.3, 0.4) is 0 Å². The molecule has 0 saturated heterocycles. The number of H-pyrrole nitrogens is 1. The first kappa shape index (κ1) is 31.6. The molecule has 0 aliphatic rings. The number of benzene rings is 3. The lowest BCUT2D eigenvalue weighted by Crippen LogP contribution is -2.04. The summed E-state index contributed by atoms with van der Waals surface area (Å²) in [5.74, 6) is 2.41. The van der Waals surface area contributed by atoms with Gasteiger partial charge in [0.25, 0.3) is 0 Å². The van der Waals surface area contributed by atoms with E-state index < -0.39 is 23.1 Å². The number of ether oxygens (including phenoxy) is 1. The van der Waals surface area contributed by atoms with Crippen LogP contribution in [-0.2, 0) is 29.7 Å². The van der Waals surface area contributed by atoms with E-state index in [-0.39, 0.29) is 0 Å². The van der Waals surface area contributed by atoms with E-state index >= 15 is 0 Å². The van der Waals surface area contributed by atoms with Crippen molar-refractivity contribution in [1.29, 1.82) is 0 Å². The van der Waals surface area contributed by atoms with E-state index in [0.29, 0.717) is 21.8 Å². The molecule has 1 N–H and O–H groups in total. The van der Waals surface area contributed by atoms with Gasteiger partial charge in [-0.05, 0) is 49.6 Å². The number of rotatable bonds is 5. The van der Waals surface area contributed by atoms with Gasteiger partial charge in [0, 0.05) is 11.1 Å². The van der Waals surface area contributed by atoms with Crippen molar-refractivity contribution in [1.82, 2.24) is 29.9 Å². The summed E-state index contributed by atoms with van der Waals surface area (Å²) < 4.78 is 41.5. The molecule has 3 aromatic carbocycles. The van der Waals surface area contributed by atoms with E-state index in [4.69, 9.17) is 21.6 Å². The molecule has 0 unspecified atom stereocenters. The maximum Gasteiger partial charge on any atom is 0.335 e. The van der Waals surface area contributed by atoms with Crippen molar-refractivity contribution in [2.24, 2.45) is 0 Å². The van der Waals surface area contributed by atoms with Crippen LogP contribution in [-0.4, -0.2) is 53.9 Å². The third kappa shape index (κ3) is 10.9. The molecule has 0 fully saturated rings. The Hall–Kier alpha value is -3.66. The van der Waals surface area contributed by atoms with Crippen LogP contribution in [0, 0.1) is 0 Å². The molecule has 0 aliphatic carbocycles. The number of nitrogens with one attached hydrogen (secondary N) is 1. The van der Waals surface area contributed by atoms with Crippen LogP contribution < -0.4 is 4.74 Å². The molecule has 202 valence electrons. The molecule has 2 aromatic heterocycles. The first-order valence-corrected chi connectivity index (χ1v) is 13.6. The summed E-state index contributed by atoms with van der Waals surface area (Å²) >= 11 is 5.05. The van der Waals surface area contributed by atoms with Crippen molar-refractivity contribution in [3.8, 4) is 28.5 Å². The van der Waals surface area contributed by atoms with Crippen LogP contribution in [0.1, 0.15) is 5.56 Å². The second-order valence-electron chi connectivity index (χ2n) is 7.03. The molecular formula is C24H20Br2N6O5S2. The number of hydrogen-bond acceptors (Lipinski definition) is 9. The molecule has 5 rings (SSSR count). The Balaban J connectivity index is 0.000000249. The quantitative estimate of drug-likeness (QED) is 0.277. The molecule has 0 atom stereocenters. The first-order chi connectivity index (χ1) is 18.9. The monoisotopic (exact) mass is 694 g/mol. The highest BCUT2D eigenvalue weighted by molar-refractivity contribution is 9.10. The Morgan fingerprint density at radius 3 is 1.82 bits per heavy atom. The number of aromatic amines is 1. The van der Waals surface area contributed by atoms with Crippen LogP contribution in [0.15, 0.2) is 94.4 Å². The molecular weight excluding hydrogens is 676 g/mol. The number of halogens is 2. The van der Waals surface area contributed by atoms with Crippen molar-refractivity contribution in [2.45, 2.75) is 6.54 Å². The fourth-order valence-corrected chi connectivity index (χ4v) is 3.70. The molecule has 15 heteroatoms. The van der Waals surface area contributed by atoms with E-state index in [9.17, 15) is 0 Å². The normalized spacial score (nSPS) is 9.41. The minimum Gasteiger partial charge on any atom is -0.497 e. The highest BCUT2D eigenvalue weighted by Crippen LogP contribution is 2.21. The molecule has 0 amide bonds. The van der Waals surface area contributed by atoms with Gasteiger partial charge in [0.2, 0.25) is 4.73 Å². The summed E-state index contributed by atoms with van der Waals surface area (Å²) in [6.45, 7) is 0.660. The topological polar surface area (TPSA) is 150 Å². The standard InChI is InChI=1S/C16H14BrN3O.C8H6BrN3.2O2S/c1-21-14-9-7-12(8-10-14)11-20-15(18-16(17)19-20)13-5-3-2-4-6-13;9-8-10-7(11-12-8)6-4-2-1-3-5-6;2*1-3-2/h2-10H,11H2,1H3;1-5H,(H,10,11,12);;. The second kappa shape index (κ2) is 17.8. The SMILES string of the molecule is Brc1nc(-c2ccccc2)n[nH]1.COc1ccc(Cn2nc(Br)nc2-c2ccccc2)cc1.O=S=O.O=S=O. The van der Waals surface area contributed by atoms with Crippen LogP contribution in [0.2, 0.25) is 0 Å².